The minimum absolute atomic E-state index is 0.152. The minimum atomic E-state index is -4.22. The first kappa shape index (κ1) is 10.1. The Bertz CT molecular complexity index is 763. The molecule has 17 heavy (non-hydrogen) atoms. The van der Waals surface area contributed by atoms with Gasteiger partial charge in [0, 0.05) is 0 Å². The van der Waals surface area contributed by atoms with Gasteiger partial charge in [0.25, 0.3) is 0 Å². The van der Waals surface area contributed by atoms with Crippen molar-refractivity contribution in [3.63, 3.8) is 0 Å². The van der Waals surface area contributed by atoms with Gasteiger partial charge in [0.2, 0.25) is 20.0 Å². The molecule has 0 amide bonds. The number of benzene rings is 1. The first-order chi connectivity index (χ1) is 8.42. The molecule has 0 spiro atoms. The predicted molar refractivity (Wildman–Crippen MR) is 61.6 cm³/mol. The monoisotopic (exact) mass is 299 g/mol. The third kappa shape index (κ3) is 2.24. The molecule has 0 aliphatic carbocycles. The predicted octanol–water partition coefficient (Wildman–Crippen LogP) is -0.351. The van der Waals surface area contributed by atoms with Gasteiger partial charge >= 0.3 is 0 Å². The summed E-state index contributed by atoms with van der Waals surface area (Å²) < 4.78 is 62.5. The standard InChI is InChI=1S/C7H8ClN3O4S2/c8-4-1-5-7(2-6(4)16(9,12)13)17(14,15)11-3-10-5/h1-2,10-11H,3H2,(H2,9,12,13)/i3D2. The molecule has 1 aromatic rings. The van der Waals surface area contributed by atoms with E-state index in [0.29, 0.717) is 0 Å². The van der Waals surface area contributed by atoms with Crippen LogP contribution in [0.15, 0.2) is 21.9 Å². The van der Waals surface area contributed by atoms with Gasteiger partial charge in [-0.15, -0.1) is 0 Å². The van der Waals surface area contributed by atoms with Gasteiger partial charge in [0.15, 0.2) is 0 Å². The summed E-state index contributed by atoms with van der Waals surface area (Å²) in [5.74, 6) is 0. The maximum atomic E-state index is 11.8. The second-order valence-corrected chi connectivity index (χ2v) is 6.77. The maximum absolute atomic E-state index is 11.8. The zero-order chi connectivity index (χ0) is 14.6. The van der Waals surface area contributed by atoms with E-state index in [1.165, 1.54) is 0 Å². The lowest BCUT2D eigenvalue weighted by Crippen LogP contribution is -2.34. The van der Waals surface area contributed by atoms with E-state index in [9.17, 15) is 16.8 Å². The SMILES string of the molecule is [2H]C1([2H])Nc2cc(Cl)c(S(N)(=O)=O)cc2S(=O)(=O)N1. The fraction of sp³-hybridized carbons (Fsp3) is 0.143. The molecule has 0 saturated carbocycles. The molecule has 1 aromatic carbocycles. The van der Waals surface area contributed by atoms with E-state index >= 15 is 0 Å². The lowest BCUT2D eigenvalue weighted by Gasteiger charge is -2.20. The van der Waals surface area contributed by atoms with Crippen molar-refractivity contribution in [2.45, 2.75) is 9.79 Å². The van der Waals surface area contributed by atoms with Gasteiger partial charge in [-0.3, -0.25) is 0 Å². The zero-order valence-electron chi connectivity index (χ0n) is 10.1. The summed E-state index contributed by atoms with van der Waals surface area (Å²) in [4.78, 5) is -1.00. The first-order valence-electron chi connectivity index (χ1n) is 5.11. The second kappa shape index (κ2) is 3.82. The van der Waals surface area contributed by atoms with Crippen molar-refractivity contribution in [2.24, 2.45) is 5.14 Å². The van der Waals surface area contributed by atoms with Crippen molar-refractivity contribution in [2.75, 3.05) is 11.9 Å². The van der Waals surface area contributed by atoms with Crippen LogP contribution in [0.1, 0.15) is 2.74 Å². The fourth-order valence-corrected chi connectivity index (χ4v) is 3.43. The van der Waals surface area contributed by atoms with Crippen molar-refractivity contribution in [3.05, 3.63) is 17.2 Å². The van der Waals surface area contributed by atoms with Gasteiger partial charge in [-0.2, -0.15) is 4.72 Å². The molecule has 94 valence electrons. The van der Waals surface area contributed by atoms with Gasteiger partial charge < -0.3 is 5.32 Å². The molecular formula is C7H8ClN3O4S2. The van der Waals surface area contributed by atoms with Crippen molar-refractivity contribution >= 4 is 37.3 Å². The van der Waals surface area contributed by atoms with E-state index in [1.807, 2.05) is 0 Å². The quantitative estimate of drug-likeness (QED) is 0.655. The van der Waals surface area contributed by atoms with Gasteiger partial charge in [-0.25, -0.2) is 22.0 Å². The van der Waals surface area contributed by atoms with E-state index in [2.05, 4.69) is 5.32 Å². The van der Waals surface area contributed by atoms with Crippen molar-refractivity contribution in [1.29, 1.82) is 0 Å². The van der Waals surface area contributed by atoms with Gasteiger partial charge in [-0.05, 0) is 12.1 Å². The number of sulfonamides is 2. The molecule has 0 atom stereocenters. The number of hydrogen-bond acceptors (Lipinski definition) is 5. The summed E-state index contributed by atoms with van der Waals surface area (Å²) in [7, 11) is -8.41. The van der Waals surface area contributed by atoms with Crippen LogP contribution in [0.2, 0.25) is 5.02 Å². The molecule has 0 fully saturated rings. The highest BCUT2D eigenvalue weighted by molar-refractivity contribution is 7.90. The Morgan fingerprint density at radius 3 is 2.71 bits per heavy atom. The molecule has 0 aromatic heterocycles. The number of anilines is 1. The highest BCUT2D eigenvalue weighted by Gasteiger charge is 2.26. The van der Waals surface area contributed by atoms with Crippen LogP contribution in [0.3, 0.4) is 0 Å². The Hall–Kier alpha value is -0.870. The number of halogens is 1. The Kier molecular flexibility index (Phi) is 2.27. The summed E-state index contributed by atoms with van der Waals surface area (Å²) in [6, 6.07) is 1.77. The van der Waals surface area contributed by atoms with Crippen LogP contribution in [0.4, 0.5) is 5.69 Å². The van der Waals surface area contributed by atoms with E-state index in [1.54, 1.807) is 4.72 Å². The molecule has 0 unspecified atom stereocenters. The molecule has 0 saturated heterocycles. The number of hydrogen-bond donors (Lipinski definition) is 3. The van der Waals surface area contributed by atoms with Crippen molar-refractivity contribution < 1.29 is 19.6 Å². The summed E-state index contributed by atoms with van der Waals surface area (Å²) in [5.41, 5.74) is -0.152. The molecular weight excluding hydrogens is 290 g/mol. The van der Waals surface area contributed by atoms with Crippen molar-refractivity contribution in [3.8, 4) is 0 Å². The molecule has 4 N–H and O–H groups in total. The minimum Gasteiger partial charge on any atom is -0.370 e. The molecule has 0 radical (unpaired) electrons. The van der Waals surface area contributed by atoms with Crippen LogP contribution in [0, 0.1) is 0 Å². The van der Waals surface area contributed by atoms with E-state index < -0.39 is 36.5 Å². The number of rotatable bonds is 1. The highest BCUT2D eigenvalue weighted by Crippen LogP contribution is 2.32. The van der Waals surface area contributed by atoms with Crippen LogP contribution in [-0.4, -0.2) is 23.5 Å². The maximum Gasteiger partial charge on any atom is 0.244 e. The third-order valence-electron chi connectivity index (χ3n) is 2.01. The number of nitrogens with two attached hydrogens (primary N) is 1. The Balaban J connectivity index is 2.78. The Morgan fingerprint density at radius 1 is 1.47 bits per heavy atom. The molecule has 2 rings (SSSR count). The topological polar surface area (TPSA) is 118 Å². The molecule has 1 aliphatic rings. The van der Waals surface area contributed by atoms with Crippen LogP contribution < -0.4 is 15.2 Å². The first-order valence-corrected chi connectivity index (χ1v) is 7.52. The van der Waals surface area contributed by atoms with Crippen LogP contribution >= 0.6 is 11.6 Å². The van der Waals surface area contributed by atoms with Crippen LogP contribution in [-0.2, 0) is 20.0 Å². The average Bonchev–Trinajstić information content (AvgIpc) is 2.10. The van der Waals surface area contributed by atoms with Crippen molar-refractivity contribution in [1.82, 2.24) is 4.72 Å². The van der Waals surface area contributed by atoms with Crippen LogP contribution in [0.5, 0.6) is 0 Å². The van der Waals surface area contributed by atoms with Gasteiger partial charge in [-0.1, -0.05) is 11.6 Å². The molecule has 1 aliphatic heterocycles. The third-order valence-corrected chi connectivity index (χ3v) is 4.68. The Morgan fingerprint density at radius 2 is 2.12 bits per heavy atom. The largest absolute Gasteiger partial charge is 0.370 e. The molecule has 1 heterocycles. The van der Waals surface area contributed by atoms with Crippen LogP contribution in [0.25, 0.3) is 0 Å². The number of fused-ring (bicyclic) bond motifs is 1. The normalized spacial score (nSPS) is 22.9. The smallest absolute Gasteiger partial charge is 0.244 e. The molecule has 7 nitrogen and oxygen atoms in total. The summed E-state index contributed by atoms with van der Waals surface area (Å²) in [6.45, 7) is -2.40. The lowest BCUT2D eigenvalue weighted by atomic mass is 10.3. The summed E-state index contributed by atoms with van der Waals surface area (Å²) >= 11 is 5.70. The second-order valence-electron chi connectivity index (χ2n) is 3.18. The lowest BCUT2D eigenvalue weighted by molar-refractivity contribution is 0.581. The van der Waals surface area contributed by atoms with Gasteiger partial charge in [0.05, 0.1) is 20.1 Å². The zero-order valence-corrected chi connectivity index (χ0v) is 10.4. The number of nitrogens with one attached hydrogen (secondary N) is 2. The van der Waals surface area contributed by atoms with E-state index in [0.717, 1.165) is 12.1 Å². The summed E-state index contributed by atoms with van der Waals surface area (Å²) in [6.07, 6.45) is 0. The molecule has 0 bridgehead atoms. The Labute approximate surface area is 106 Å². The van der Waals surface area contributed by atoms with Gasteiger partial charge in [0.1, 0.15) is 9.79 Å². The summed E-state index contributed by atoms with van der Waals surface area (Å²) in [5, 5.41) is 6.84. The van der Waals surface area contributed by atoms with E-state index in [-0.39, 0.29) is 10.7 Å². The molecule has 10 heteroatoms. The number of primary sulfonamides is 1. The van der Waals surface area contributed by atoms with E-state index in [4.69, 9.17) is 19.5 Å². The average molecular weight is 300 g/mol. The fourth-order valence-electron chi connectivity index (χ4n) is 1.29. The highest BCUT2D eigenvalue weighted by atomic mass is 35.5.